The Kier molecular flexibility index (Phi) is 3.17. The molecule has 0 radical (unpaired) electrons. The number of hydrogen-bond acceptors (Lipinski definition) is 5. The minimum Gasteiger partial charge on any atom is -0.393 e. The lowest BCUT2D eigenvalue weighted by atomic mass is 9.98. The quantitative estimate of drug-likeness (QED) is 0.790. The average Bonchev–Trinajstić information content (AvgIpc) is 2.74. The Hall–Kier alpha value is -1.40. The zero-order valence-corrected chi connectivity index (χ0v) is 9.80. The number of aliphatic hydroxyl groups excluding tert-OH is 1. The smallest absolute Gasteiger partial charge is 0.351 e. The summed E-state index contributed by atoms with van der Waals surface area (Å²) in [6.07, 6.45) is 3.37. The van der Waals surface area contributed by atoms with Crippen LogP contribution in [0.25, 0.3) is 0 Å². The molecule has 1 saturated heterocycles. The third-order valence-corrected chi connectivity index (χ3v) is 3.33. The summed E-state index contributed by atoms with van der Waals surface area (Å²) in [6.45, 7) is 1.93. The number of rotatable bonds is 3. The number of nitrogen functional groups attached to an aromatic ring is 1. The predicted octanol–water partition coefficient (Wildman–Crippen LogP) is 0.276. The molecule has 1 aromatic heterocycles. The summed E-state index contributed by atoms with van der Waals surface area (Å²) in [6, 6.07) is 1.57. The second-order valence-corrected chi connectivity index (χ2v) is 4.35. The second-order valence-electron chi connectivity index (χ2n) is 4.35. The van der Waals surface area contributed by atoms with Crippen LogP contribution in [0.3, 0.4) is 0 Å². The molecule has 1 aliphatic rings. The van der Waals surface area contributed by atoms with Crippen LogP contribution < -0.4 is 11.4 Å². The van der Waals surface area contributed by atoms with Crippen LogP contribution in [0.15, 0.2) is 17.1 Å². The number of aromatic nitrogens is 2. The molecule has 94 valence electrons. The Bertz CT molecular complexity index is 454. The first kappa shape index (κ1) is 12.1. The van der Waals surface area contributed by atoms with Crippen LogP contribution in [0.2, 0.25) is 0 Å². The van der Waals surface area contributed by atoms with E-state index in [0.717, 1.165) is 12.8 Å². The predicted molar refractivity (Wildman–Crippen MR) is 62.4 cm³/mol. The molecular weight excluding hydrogens is 222 g/mol. The van der Waals surface area contributed by atoms with E-state index >= 15 is 0 Å². The fourth-order valence-electron chi connectivity index (χ4n) is 2.12. The Balaban J connectivity index is 2.23. The van der Waals surface area contributed by atoms with Crippen LogP contribution in [0.1, 0.15) is 32.4 Å². The minimum absolute atomic E-state index is 0.0306. The summed E-state index contributed by atoms with van der Waals surface area (Å²) < 4.78 is 7.21. The van der Waals surface area contributed by atoms with Gasteiger partial charge in [0, 0.05) is 6.20 Å². The van der Waals surface area contributed by atoms with Crippen LogP contribution in [0.4, 0.5) is 5.82 Å². The maximum absolute atomic E-state index is 11.6. The van der Waals surface area contributed by atoms with Gasteiger partial charge in [0.15, 0.2) is 0 Å². The molecule has 0 saturated carbocycles. The maximum atomic E-state index is 11.6. The van der Waals surface area contributed by atoms with Crippen molar-refractivity contribution in [2.24, 2.45) is 0 Å². The summed E-state index contributed by atoms with van der Waals surface area (Å²) >= 11 is 0. The van der Waals surface area contributed by atoms with Crippen LogP contribution in [-0.2, 0) is 4.74 Å². The molecule has 1 fully saturated rings. The van der Waals surface area contributed by atoms with E-state index in [0.29, 0.717) is 6.42 Å². The molecule has 2 atom stereocenters. The number of nitrogens with zero attached hydrogens (tertiary/aromatic N) is 2. The zero-order chi connectivity index (χ0) is 12.5. The van der Waals surface area contributed by atoms with Gasteiger partial charge in [0.25, 0.3) is 0 Å². The number of nitrogens with two attached hydrogens (primary N) is 1. The molecule has 1 aromatic rings. The molecule has 6 heteroatoms. The van der Waals surface area contributed by atoms with Gasteiger partial charge in [-0.15, -0.1) is 0 Å². The highest BCUT2D eigenvalue weighted by atomic mass is 16.5. The van der Waals surface area contributed by atoms with Gasteiger partial charge in [0.05, 0.1) is 12.2 Å². The van der Waals surface area contributed by atoms with Gasteiger partial charge >= 0.3 is 5.69 Å². The van der Waals surface area contributed by atoms with Crippen molar-refractivity contribution in [1.29, 1.82) is 0 Å². The summed E-state index contributed by atoms with van der Waals surface area (Å²) in [5.41, 5.74) is 4.49. The molecule has 3 N–H and O–H groups in total. The molecule has 0 amide bonds. The maximum Gasteiger partial charge on any atom is 0.351 e. The van der Waals surface area contributed by atoms with Crippen LogP contribution in [0, 0.1) is 0 Å². The van der Waals surface area contributed by atoms with Crippen molar-refractivity contribution < 1.29 is 9.84 Å². The highest BCUT2D eigenvalue weighted by Crippen LogP contribution is 2.37. The van der Waals surface area contributed by atoms with E-state index in [9.17, 15) is 9.90 Å². The van der Waals surface area contributed by atoms with E-state index in [2.05, 4.69) is 4.98 Å². The molecule has 0 aliphatic carbocycles. The third kappa shape index (κ3) is 2.18. The van der Waals surface area contributed by atoms with E-state index in [-0.39, 0.29) is 18.7 Å². The van der Waals surface area contributed by atoms with Crippen molar-refractivity contribution in [1.82, 2.24) is 9.55 Å². The second kappa shape index (κ2) is 4.46. The topological polar surface area (TPSA) is 90.4 Å². The lowest BCUT2D eigenvalue weighted by molar-refractivity contribution is -0.101. The van der Waals surface area contributed by atoms with Crippen molar-refractivity contribution in [2.45, 2.75) is 38.0 Å². The Labute approximate surface area is 99.0 Å². The molecule has 6 nitrogen and oxygen atoms in total. The summed E-state index contributed by atoms with van der Waals surface area (Å²) in [5.74, 6) is 0.202. The largest absolute Gasteiger partial charge is 0.393 e. The van der Waals surface area contributed by atoms with Crippen molar-refractivity contribution in [3.8, 4) is 0 Å². The van der Waals surface area contributed by atoms with Gasteiger partial charge in [-0.05, 0) is 25.3 Å². The molecule has 0 spiro atoms. The normalized spacial score (nSPS) is 28.5. The number of hydrogen-bond donors (Lipinski definition) is 2. The molecule has 2 heterocycles. The Morgan fingerprint density at radius 2 is 2.53 bits per heavy atom. The van der Waals surface area contributed by atoms with E-state index in [4.69, 9.17) is 10.5 Å². The number of ether oxygens (including phenoxy) is 1. The van der Waals surface area contributed by atoms with Crippen molar-refractivity contribution in [3.63, 3.8) is 0 Å². The van der Waals surface area contributed by atoms with Gasteiger partial charge in [-0.3, -0.25) is 4.57 Å². The van der Waals surface area contributed by atoms with E-state index in [1.165, 1.54) is 4.57 Å². The minimum atomic E-state index is -0.522. The molecule has 2 unspecified atom stereocenters. The standard InChI is InChI=1S/C11H17N3O3/c1-2-11(7-15)5-3-9(17-11)14-6-4-8(12)13-10(14)16/h4,6,9,15H,2-3,5,7H2,1H3,(H2,12,13,16). The van der Waals surface area contributed by atoms with Crippen molar-refractivity contribution in [2.75, 3.05) is 12.3 Å². The van der Waals surface area contributed by atoms with E-state index in [1.54, 1.807) is 12.3 Å². The van der Waals surface area contributed by atoms with Crippen molar-refractivity contribution >= 4 is 5.82 Å². The molecule has 2 rings (SSSR count). The van der Waals surface area contributed by atoms with Gasteiger partial charge in [0.1, 0.15) is 12.0 Å². The SMILES string of the molecule is CCC1(CO)CCC(n2ccc(N)nc2=O)O1. The summed E-state index contributed by atoms with van der Waals surface area (Å²) in [7, 11) is 0. The average molecular weight is 239 g/mol. The Morgan fingerprint density at radius 1 is 1.76 bits per heavy atom. The molecule has 17 heavy (non-hydrogen) atoms. The number of anilines is 1. The third-order valence-electron chi connectivity index (χ3n) is 3.33. The van der Waals surface area contributed by atoms with Crippen LogP contribution >= 0.6 is 0 Å². The highest BCUT2D eigenvalue weighted by Gasteiger charge is 2.39. The van der Waals surface area contributed by atoms with Gasteiger partial charge < -0.3 is 15.6 Å². The van der Waals surface area contributed by atoms with E-state index in [1.807, 2.05) is 6.92 Å². The van der Waals surface area contributed by atoms with Gasteiger partial charge in [-0.2, -0.15) is 4.98 Å². The zero-order valence-electron chi connectivity index (χ0n) is 9.80. The summed E-state index contributed by atoms with van der Waals surface area (Å²) in [4.78, 5) is 15.3. The van der Waals surface area contributed by atoms with E-state index < -0.39 is 11.3 Å². The fraction of sp³-hybridized carbons (Fsp3) is 0.636. The molecule has 0 bridgehead atoms. The first-order chi connectivity index (χ1) is 8.10. The Morgan fingerprint density at radius 3 is 3.06 bits per heavy atom. The monoisotopic (exact) mass is 239 g/mol. The first-order valence-corrected chi connectivity index (χ1v) is 5.73. The molecule has 0 aromatic carbocycles. The first-order valence-electron chi connectivity index (χ1n) is 5.73. The lowest BCUT2D eigenvalue weighted by Gasteiger charge is -2.25. The van der Waals surface area contributed by atoms with Gasteiger partial charge in [-0.1, -0.05) is 6.92 Å². The fourth-order valence-corrected chi connectivity index (χ4v) is 2.12. The van der Waals surface area contributed by atoms with Gasteiger partial charge in [-0.25, -0.2) is 4.79 Å². The molecule has 1 aliphatic heterocycles. The van der Waals surface area contributed by atoms with Crippen LogP contribution in [0.5, 0.6) is 0 Å². The highest BCUT2D eigenvalue weighted by molar-refractivity contribution is 5.23. The lowest BCUT2D eigenvalue weighted by Crippen LogP contribution is -2.34. The van der Waals surface area contributed by atoms with Crippen LogP contribution in [-0.4, -0.2) is 26.9 Å². The molecular formula is C11H17N3O3. The number of aliphatic hydroxyl groups is 1. The van der Waals surface area contributed by atoms with Gasteiger partial charge in [0.2, 0.25) is 0 Å². The van der Waals surface area contributed by atoms with Crippen molar-refractivity contribution in [3.05, 3.63) is 22.7 Å². The summed E-state index contributed by atoms with van der Waals surface area (Å²) in [5, 5.41) is 9.35.